The molecule has 2 aromatic carbocycles. The van der Waals surface area contributed by atoms with Gasteiger partial charge in [-0.1, -0.05) is 42.5 Å². The third kappa shape index (κ3) is 2.55. The molecule has 0 N–H and O–H groups in total. The van der Waals surface area contributed by atoms with Gasteiger partial charge in [-0.2, -0.15) is 0 Å². The zero-order valence-electron chi connectivity index (χ0n) is 12.0. The molecular weight excluding hydrogens is 246 g/mol. The topological polar surface area (TPSA) is 20.3 Å². The third-order valence-corrected chi connectivity index (χ3v) is 4.34. The number of carbonyl (C=O) groups excluding carboxylic acids is 1. The zero-order chi connectivity index (χ0) is 13.9. The van der Waals surface area contributed by atoms with Crippen molar-refractivity contribution in [2.24, 2.45) is 0 Å². The molecule has 2 aromatic rings. The summed E-state index contributed by atoms with van der Waals surface area (Å²) in [5, 5.41) is 2.41. The first-order valence-corrected chi connectivity index (χ1v) is 7.52. The Morgan fingerprint density at radius 1 is 1.15 bits per heavy atom. The SMILES string of the molecule is CC1CCCCN1C(=O)Cc1cccc2ccccc12. The smallest absolute Gasteiger partial charge is 0.227 e. The summed E-state index contributed by atoms with van der Waals surface area (Å²) in [5.41, 5.74) is 1.14. The summed E-state index contributed by atoms with van der Waals surface area (Å²) >= 11 is 0. The monoisotopic (exact) mass is 267 g/mol. The van der Waals surface area contributed by atoms with Crippen LogP contribution in [0.25, 0.3) is 10.8 Å². The number of amides is 1. The van der Waals surface area contributed by atoms with Gasteiger partial charge in [-0.15, -0.1) is 0 Å². The van der Waals surface area contributed by atoms with Crippen LogP contribution < -0.4 is 0 Å². The van der Waals surface area contributed by atoms with Gasteiger partial charge in [0, 0.05) is 12.6 Å². The van der Waals surface area contributed by atoms with E-state index in [1.54, 1.807) is 0 Å². The van der Waals surface area contributed by atoms with Gasteiger partial charge < -0.3 is 4.90 Å². The molecule has 3 rings (SSSR count). The Kier molecular flexibility index (Phi) is 3.72. The molecule has 20 heavy (non-hydrogen) atoms. The van der Waals surface area contributed by atoms with E-state index in [4.69, 9.17) is 0 Å². The number of nitrogens with zero attached hydrogens (tertiary/aromatic N) is 1. The van der Waals surface area contributed by atoms with Gasteiger partial charge in [0.25, 0.3) is 0 Å². The van der Waals surface area contributed by atoms with Crippen molar-refractivity contribution in [1.29, 1.82) is 0 Å². The van der Waals surface area contributed by atoms with Crippen molar-refractivity contribution >= 4 is 16.7 Å². The molecule has 1 atom stereocenters. The van der Waals surface area contributed by atoms with Crippen LogP contribution in [0, 0.1) is 0 Å². The molecule has 0 aliphatic carbocycles. The van der Waals surface area contributed by atoms with Gasteiger partial charge in [-0.25, -0.2) is 0 Å². The maximum Gasteiger partial charge on any atom is 0.227 e. The van der Waals surface area contributed by atoms with Crippen molar-refractivity contribution in [3.8, 4) is 0 Å². The Balaban J connectivity index is 1.84. The Morgan fingerprint density at radius 3 is 2.80 bits per heavy atom. The molecule has 1 heterocycles. The molecule has 1 saturated heterocycles. The van der Waals surface area contributed by atoms with Crippen molar-refractivity contribution in [2.45, 2.75) is 38.6 Å². The van der Waals surface area contributed by atoms with Crippen molar-refractivity contribution in [1.82, 2.24) is 4.90 Å². The van der Waals surface area contributed by atoms with Crippen LogP contribution >= 0.6 is 0 Å². The van der Waals surface area contributed by atoms with E-state index in [0.717, 1.165) is 24.9 Å². The lowest BCUT2D eigenvalue weighted by Gasteiger charge is -2.33. The maximum atomic E-state index is 12.5. The first-order chi connectivity index (χ1) is 9.75. The summed E-state index contributed by atoms with van der Waals surface area (Å²) in [6.45, 7) is 3.09. The van der Waals surface area contributed by atoms with E-state index in [-0.39, 0.29) is 5.91 Å². The lowest BCUT2D eigenvalue weighted by Crippen LogP contribution is -2.42. The molecule has 1 aliphatic heterocycles. The lowest BCUT2D eigenvalue weighted by atomic mass is 9.99. The fourth-order valence-corrected chi connectivity index (χ4v) is 3.18. The number of rotatable bonds is 2. The molecule has 1 aliphatic rings. The largest absolute Gasteiger partial charge is 0.340 e. The van der Waals surface area contributed by atoms with Crippen molar-refractivity contribution in [2.75, 3.05) is 6.54 Å². The minimum atomic E-state index is 0.272. The molecule has 1 fully saturated rings. The fourth-order valence-electron chi connectivity index (χ4n) is 3.18. The first-order valence-electron chi connectivity index (χ1n) is 7.52. The Hall–Kier alpha value is -1.83. The van der Waals surface area contributed by atoms with Gasteiger partial charge in [0.2, 0.25) is 5.91 Å². The Morgan fingerprint density at radius 2 is 1.95 bits per heavy atom. The van der Waals surface area contributed by atoms with Gasteiger partial charge in [0.15, 0.2) is 0 Å². The van der Waals surface area contributed by atoms with Gasteiger partial charge in [0.1, 0.15) is 0 Å². The fraction of sp³-hybridized carbons (Fsp3) is 0.389. The minimum absolute atomic E-state index is 0.272. The molecule has 0 saturated carbocycles. The number of piperidine rings is 1. The van der Waals surface area contributed by atoms with Crippen LogP contribution in [0.1, 0.15) is 31.7 Å². The lowest BCUT2D eigenvalue weighted by molar-refractivity contribution is -0.133. The number of hydrogen-bond acceptors (Lipinski definition) is 1. The average molecular weight is 267 g/mol. The van der Waals surface area contributed by atoms with Crippen LogP contribution in [0.3, 0.4) is 0 Å². The normalized spacial score (nSPS) is 19.2. The van der Waals surface area contributed by atoms with Crippen molar-refractivity contribution in [3.63, 3.8) is 0 Å². The number of hydrogen-bond donors (Lipinski definition) is 0. The van der Waals surface area contributed by atoms with Crippen LogP contribution in [-0.2, 0) is 11.2 Å². The highest BCUT2D eigenvalue weighted by atomic mass is 16.2. The zero-order valence-corrected chi connectivity index (χ0v) is 12.0. The summed E-state index contributed by atoms with van der Waals surface area (Å²) < 4.78 is 0. The van der Waals surface area contributed by atoms with E-state index in [1.165, 1.54) is 17.2 Å². The van der Waals surface area contributed by atoms with E-state index in [2.05, 4.69) is 36.1 Å². The molecule has 1 amide bonds. The summed E-state index contributed by atoms with van der Waals surface area (Å²) in [6.07, 6.45) is 4.05. The second kappa shape index (κ2) is 5.66. The second-order valence-corrected chi connectivity index (χ2v) is 5.75. The predicted molar refractivity (Wildman–Crippen MR) is 82.7 cm³/mol. The van der Waals surface area contributed by atoms with Crippen LogP contribution in [0.2, 0.25) is 0 Å². The molecule has 0 aromatic heterocycles. The highest BCUT2D eigenvalue weighted by Crippen LogP contribution is 2.22. The number of likely N-dealkylation sites (tertiary alicyclic amines) is 1. The Labute approximate surface area is 120 Å². The van der Waals surface area contributed by atoms with Crippen LogP contribution in [-0.4, -0.2) is 23.4 Å². The molecule has 0 bridgehead atoms. The molecule has 0 radical (unpaired) electrons. The first kappa shape index (κ1) is 13.2. The molecular formula is C18H21NO. The number of fused-ring (bicyclic) bond motifs is 1. The molecule has 2 heteroatoms. The van der Waals surface area contributed by atoms with Crippen LogP contribution in [0.4, 0.5) is 0 Å². The number of carbonyl (C=O) groups is 1. The van der Waals surface area contributed by atoms with Gasteiger partial charge in [-0.05, 0) is 42.5 Å². The van der Waals surface area contributed by atoms with E-state index < -0.39 is 0 Å². The summed E-state index contributed by atoms with van der Waals surface area (Å²) in [7, 11) is 0. The van der Waals surface area contributed by atoms with Crippen molar-refractivity contribution in [3.05, 3.63) is 48.0 Å². The summed E-state index contributed by atoms with van der Waals surface area (Å²) in [4.78, 5) is 14.6. The van der Waals surface area contributed by atoms with E-state index in [9.17, 15) is 4.79 Å². The van der Waals surface area contributed by atoms with E-state index in [1.807, 2.05) is 18.2 Å². The third-order valence-electron chi connectivity index (χ3n) is 4.34. The maximum absolute atomic E-state index is 12.5. The predicted octanol–water partition coefficient (Wildman–Crippen LogP) is 3.78. The molecule has 0 spiro atoms. The van der Waals surface area contributed by atoms with Crippen LogP contribution in [0.15, 0.2) is 42.5 Å². The quantitative estimate of drug-likeness (QED) is 0.811. The average Bonchev–Trinajstić information content (AvgIpc) is 2.48. The highest BCUT2D eigenvalue weighted by Gasteiger charge is 2.23. The molecule has 104 valence electrons. The standard InChI is InChI=1S/C18H21NO/c1-14-7-4-5-12-19(14)18(20)13-16-10-6-9-15-8-2-3-11-17(15)16/h2-3,6,8-11,14H,4-5,7,12-13H2,1H3. The van der Waals surface area contributed by atoms with Crippen molar-refractivity contribution < 1.29 is 4.79 Å². The van der Waals surface area contributed by atoms with E-state index in [0.29, 0.717) is 12.5 Å². The highest BCUT2D eigenvalue weighted by molar-refractivity contribution is 5.90. The molecule has 1 unspecified atom stereocenters. The van der Waals surface area contributed by atoms with E-state index >= 15 is 0 Å². The summed E-state index contributed by atoms with van der Waals surface area (Å²) in [5.74, 6) is 0.272. The van der Waals surface area contributed by atoms with Gasteiger partial charge in [-0.3, -0.25) is 4.79 Å². The second-order valence-electron chi connectivity index (χ2n) is 5.75. The minimum Gasteiger partial charge on any atom is -0.340 e. The summed E-state index contributed by atoms with van der Waals surface area (Å²) in [6, 6.07) is 14.9. The van der Waals surface area contributed by atoms with Gasteiger partial charge >= 0.3 is 0 Å². The van der Waals surface area contributed by atoms with Crippen LogP contribution in [0.5, 0.6) is 0 Å². The van der Waals surface area contributed by atoms with Gasteiger partial charge in [0.05, 0.1) is 6.42 Å². The Bertz CT molecular complexity index is 614. The number of benzene rings is 2. The molecule has 2 nitrogen and oxygen atoms in total.